The molecule has 0 aliphatic rings. The summed E-state index contributed by atoms with van der Waals surface area (Å²) in [4.78, 5) is 21.5. The van der Waals surface area contributed by atoms with E-state index in [9.17, 15) is 4.79 Å². The third kappa shape index (κ3) is 6.91. The maximum Gasteiger partial charge on any atom is 0.373 e. The molecule has 0 fully saturated rings. The summed E-state index contributed by atoms with van der Waals surface area (Å²) in [5, 5.41) is 0. The highest BCUT2D eigenvalue weighted by Crippen LogP contribution is 2.15. The molecule has 1 aromatic carbocycles. The second-order valence-electron chi connectivity index (χ2n) is 5.63. The summed E-state index contributed by atoms with van der Waals surface area (Å²) in [5.41, 5.74) is 0.123. The van der Waals surface area contributed by atoms with E-state index in [1.165, 1.54) is 0 Å². The van der Waals surface area contributed by atoms with E-state index in [0.29, 0.717) is 18.6 Å². The van der Waals surface area contributed by atoms with Crippen molar-refractivity contribution in [2.45, 2.75) is 45.6 Å². The summed E-state index contributed by atoms with van der Waals surface area (Å²) < 4.78 is 10.8. The van der Waals surface area contributed by atoms with E-state index in [-0.39, 0.29) is 12.2 Å². The summed E-state index contributed by atoms with van der Waals surface area (Å²) in [5.74, 6) is 0.225. The molecule has 0 heterocycles. The lowest BCUT2D eigenvalue weighted by Crippen LogP contribution is -2.24. The molecule has 0 unspecified atom stereocenters. The van der Waals surface area contributed by atoms with E-state index in [1.54, 1.807) is 31.4 Å². The highest BCUT2D eigenvalue weighted by molar-refractivity contribution is 5.89. The Kier molecular flexibility index (Phi) is 7.91. The van der Waals surface area contributed by atoms with Gasteiger partial charge in [-0.1, -0.05) is 13.3 Å². The van der Waals surface area contributed by atoms with Crippen molar-refractivity contribution in [2.24, 2.45) is 0 Å². The Hall–Kier alpha value is -1.59. The van der Waals surface area contributed by atoms with Crippen LogP contribution in [0, 0.1) is 0 Å². The number of ether oxygens (including phenoxy) is 2. The van der Waals surface area contributed by atoms with Crippen molar-refractivity contribution >= 4 is 5.97 Å². The van der Waals surface area contributed by atoms with E-state index in [1.807, 2.05) is 13.8 Å². The van der Waals surface area contributed by atoms with Gasteiger partial charge in [0.2, 0.25) is 0 Å². The Morgan fingerprint density at radius 3 is 2.41 bits per heavy atom. The number of benzene rings is 1. The Morgan fingerprint density at radius 1 is 1.14 bits per heavy atom. The predicted molar refractivity (Wildman–Crippen MR) is 83.9 cm³/mol. The fourth-order valence-electron chi connectivity index (χ4n) is 1.55. The van der Waals surface area contributed by atoms with Crippen molar-refractivity contribution in [1.29, 1.82) is 0 Å². The van der Waals surface area contributed by atoms with Gasteiger partial charge in [-0.05, 0) is 44.5 Å². The van der Waals surface area contributed by atoms with E-state index < -0.39 is 5.97 Å². The van der Waals surface area contributed by atoms with Gasteiger partial charge in [-0.25, -0.2) is 4.79 Å². The van der Waals surface area contributed by atoms with Crippen LogP contribution >= 0.6 is 0 Å². The molecule has 5 heteroatoms. The molecule has 1 aromatic rings. The zero-order valence-electron chi connectivity index (χ0n) is 13.9. The number of hydrogen-bond donors (Lipinski definition) is 0. The molecule has 0 saturated carbocycles. The molecule has 0 spiro atoms. The lowest BCUT2D eigenvalue weighted by Gasteiger charge is -2.21. The third-order valence-electron chi connectivity index (χ3n) is 3.33. The number of carbonyl (C=O) groups excluding carboxylic acids is 1. The number of hydrogen-bond acceptors (Lipinski definition) is 5. The normalized spacial score (nSPS) is 11.3. The molecule has 0 aromatic heterocycles. The third-order valence-corrected chi connectivity index (χ3v) is 3.33. The van der Waals surface area contributed by atoms with Crippen LogP contribution in [0.2, 0.25) is 0 Å². The number of methoxy groups -OCH3 is 1. The van der Waals surface area contributed by atoms with Crippen LogP contribution < -0.4 is 4.74 Å². The zero-order valence-corrected chi connectivity index (χ0v) is 13.9. The highest BCUT2D eigenvalue weighted by atomic mass is 17.2. The Labute approximate surface area is 132 Å². The van der Waals surface area contributed by atoms with Gasteiger partial charge < -0.3 is 9.47 Å². The standard InChI is InChI=1S/C17H26O5/c1-5-6-12-20-15-9-7-14(8-10-15)16(18)22-21-13-11-17(2,3)19-4/h7-10H,5-6,11-13H2,1-4H3. The first kappa shape index (κ1) is 18.5. The molecule has 0 aliphatic heterocycles. The Morgan fingerprint density at radius 2 is 1.82 bits per heavy atom. The Bertz CT molecular complexity index is 439. The summed E-state index contributed by atoms with van der Waals surface area (Å²) in [7, 11) is 1.64. The first-order chi connectivity index (χ1) is 10.5. The molecule has 0 saturated heterocycles. The molecule has 0 radical (unpaired) electrons. The van der Waals surface area contributed by atoms with E-state index in [4.69, 9.17) is 19.2 Å². The lowest BCUT2D eigenvalue weighted by molar-refractivity contribution is -0.247. The van der Waals surface area contributed by atoms with Crippen molar-refractivity contribution in [3.05, 3.63) is 29.8 Å². The van der Waals surface area contributed by atoms with Gasteiger partial charge in [-0.2, -0.15) is 4.89 Å². The molecule has 124 valence electrons. The molecule has 5 nitrogen and oxygen atoms in total. The summed E-state index contributed by atoms with van der Waals surface area (Å²) in [6.45, 7) is 6.95. The molecule has 1 rings (SSSR count). The molecule has 0 amide bonds. The fourth-order valence-corrected chi connectivity index (χ4v) is 1.55. The highest BCUT2D eigenvalue weighted by Gasteiger charge is 2.17. The predicted octanol–water partition coefficient (Wildman–Crippen LogP) is 3.77. The lowest BCUT2D eigenvalue weighted by atomic mass is 10.1. The minimum absolute atomic E-state index is 0.283. The van der Waals surface area contributed by atoms with Crippen LogP contribution in [0.15, 0.2) is 24.3 Å². The minimum Gasteiger partial charge on any atom is -0.494 e. The molecule has 0 bridgehead atoms. The summed E-state index contributed by atoms with van der Waals surface area (Å²) in [6.07, 6.45) is 2.72. The first-order valence-electron chi connectivity index (χ1n) is 7.60. The SMILES string of the molecule is CCCCOc1ccc(C(=O)OOCCC(C)(C)OC)cc1. The van der Waals surface area contributed by atoms with E-state index >= 15 is 0 Å². The second kappa shape index (κ2) is 9.43. The average molecular weight is 310 g/mol. The van der Waals surface area contributed by atoms with Crippen molar-refractivity contribution in [1.82, 2.24) is 0 Å². The zero-order chi connectivity index (χ0) is 16.4. The van der Waals surface area contributed by atoms with Gasteiger partial charge in [0.25, 0.3) is 0 Å². The fraction of sp³-hybridized carbons (Fsp3) is 0.588. The van der Waals surface area contributed by atoms with Crippen LogP contribution in [-0.2, 0) is 14.5 Å². The average Bonchev–Trinajstić information content (AvgIpc) is 2.52. The number of unbranched alkanes of at least 4 members (excludes halogenated alkanes) is 1. The maximum atomic E-state index is 11.8. The molecule has 0 atom stereocenters. The Balaban J connectivity index is 2.33. The topological polar surface area (TPSA) is 54.0 Å². The number of rotatable bonds is 10. The molecule has 0 N–H and O–H groups in total. The monoisotopic (exact) mass is 310 g/mol. The van der Waals surface area contributed by atoms with Crippen molar-refractivity contribution in [3.8, 4) is 5.75 Å². The van der Waals surface area contributed by atoms with Crippen molar-refractivity contribution in [3.63, 3.8) is 0 Å². The van der Waals surface area contributed by atoms with Crippen LogP contribution in [0.4, 0.5) is 0 Å². The van der Waals surface area contributed by atoms with E-state index in [2.05, 4.69) is 6.92 Å². The second-order valence-corrected chi connectivity index (χ2v) is 5.63. The van der Waals surface area contributed by atoms with Crippen LogP contribution in [0.25, 0.3) is 0 Å². The summed E-state index contributed by atoms with van der Waals surface area (Å²) in [6, 6.07) is 6.82. The van der Waals surface area contributed by atoms with Gasteiger partial charge in [0.15, 0.2) is 0 Å². The van der Waals surface area contributed by atoms with Gasteiger partial charge in [0.05, 0.1) is 24.4 Å². The van der Waals surface area contributed by atoms with Crippen LogP contribution in [0.1, 0.15) is 50.4 Å². The molecule has 0 aliphatic carbocycles. The van der Waals surface area contributed by atoms with Gasteiger partial charge >= 0.3 is 5.97 Å². The van der Waals surface area contributed by atoms with Crippen molar-refractivity contribution < 1.29 is 24.0 Å². The van der Waals surface area contributed by atoms with Crippen molar-refractivity contribution in [2.75, 3.05) is 20.3 Å². The quantitative estimate of drug-likeness (QED) is 0.374. The smallest absolute Gasteiger partial charge is 0.373 e. The van der Waals surface area contributed by atoms with Gasteiger partial charge in [-0.15, -0.1) is 0 Å². The molecular weight excluding hydrogens is 284 g/mol. The molecule has 22 heavy (non-hydrogen) atoms. The van der Waals surface area contributed by atoms with Crippen LogP contribution in [-0.4, -0.2) is 31.9 Å². The minimum atomic E-state index is -0.518. The van der Waals surface area contributed by atoms with Crippen LogP contribution in [0.3, 0.4) is 0 Å². The van der Waals surface area contributed by atoms with Gasteiger partial charge in [0, 0.05) is 13.5 Å². The van der Waals surface area contributed by atoms with Gasteiger partial charge in [0.1, 0.15) is 5.75 Å². The van der Waals surface area contributed by atoms with E-state index in [0.717, 1.165) is 18.6 Å². The maximum absolute atomic E-state index is 11.8. The van der Waals surface area contributed by atoms with Gasteiger partial charge in [-0.3, -0.25) is 4.89 Å². The summed E-state index contributed by atoms with van der Waals surface area (Å²) >= 11 is 0. The first-order valence-corrected chi connectivity index (χ1v) is 7.60. The largest absolute Gasteiger partial charge is 0.494 e. The number of carbonyl (C=O) groups is 1. The van der Waals surface area contributed by atoms with Crippen LogP contribution in [0.5, 0.6) is 5.75 Å². The molecular formula is C17H26O5.